The van der Waals surface area contributed by atoms with Crippen molar-refractivity contribution in [2.24, 2.45) is 5.41 Å². The van der Waals surface area contributed by atoms with Crippen LogP contribution in [0, 0.1) is 19.3 Å². The molecule has 0 bridgehead atoms. The number of hydrogen-bond acceptors (Lipinski definition) is 3. The molecule has 0 unspecified atom stereocenters. The third-order valence-electron chi connectivity index (χ3n) is 5.08. The Morgan fingerprint density at radius 1 is 1.15 bits per heavy atom. The van der Waals surface area contributed by atoms with Crippen molar-refractivity contribution >= 4 is 34.3 Å². The van der Waals surface area contributed by atoms with E-state index in [1.165, 1.54) is 41.9 Å². The second-order valence-electron chi connectivity index (χ2n) is 8.93. The zero-order valence-corrected chi connectivity index (χ0v) is 18.1. The van der Waals surface area contributed by atoms with Crippen molar-refractivity contribution in [1.82, 2.24) is 0 Å². The van der Waals surface area contributed by atoms with E-state index in [1.807, 2.05) is 11.3 Å². The molecule has 0 atom stereocenters. The minimum absolute atomic E-state index is 0.00819. The molecular weight excluding hydrogens is 352 g/mol. The molecule has 1 aliphatic rings. The van der Waals surface area contributed by atoms with E-state index in [1.54, 1.807) is 0 Å². The molecular formula is C23H32N2OS. The van der Waals surface area contributed by atoms with Crippen LogP contribution in [0.2, 0.25) is 0 Å². The first-order valence-electron chi connectivity index (χ1n) is 9.99. The van der Waals surface area contributed by atoms with Crippen LogP contribution >= 0.6 is 11.3 Å². The summed E-state index contributed by atoms with van der Waals surface area (Å²) in [5, 5.41) is 5.36. The van der Waals surface area contributed by atoms with E-state index in [-0.39, 0.29) is 11.3 Å². The summed E-state index contributed by atoms with van der Waals surface area (Å²) in [7, 11) is 0. The summed E-state index contributed by atoms with van der Waals surface area (Å²) < 4.78 is 0. The highest BCUT2D eigenvalue weighted by atomic mass is 32.1. The fraction of sp³-hybridized carbons (Fsp3) is 0.522. The molecule has 0 radical (unpaired) electrons. The van der Waals surface area contributed by atoms with Crippen LogP contribution in [0.4, 0.5) is 17.1 Å². The molecule has 27 heavy (non-hydrogen) atoms. The van der Waals surface area contributed by atoms with Crippen molar-refractivity contribution in [2.45, 2.75) is 66.7 Å². The summed E-state index contributed by atoms with van der Waals surface area (Å²) in [6.07, 6.45) is 5.50. The van der Waals surface area contributed by atoms with Gasteiger partial charge in [-0.2, -0.15) is 0 Å². The van der Waals surface area contributed by atoms with E-state index >= 15 is 0 Å². The Morgan fingerprint density at radius 3 is 2.52 bits per heavy atom. The van der Waals surface area contributed by atoms with Gasteiger partial charge in [0, 0.05) is 29.2 Å². The van der Waals surface area contributed by atoms with Gasteiger partial charge in [-0.05, 0) is 73.2 Å². The molecule has 3 rings (SSSR count). The molecule has 3 nitrogen and oxygen atoms in total. The van der Waals surface area contributed by atoms with Gasteiger partial charge in [0.05, 0.1) is 5.69 Å². The van der Waals surface area contributed by atoms with E-state index in [2.05, 4.69) is 68.4 Å². The van der Waals surface area contributed by atoms with Crippen molar-refractivity contribution < 1.29 is 4.79 Å². The van der Waals surface area contributed by atoms with Gasteiger partial charge in [0.2, 0.25) is 5.91 Å². The normalized spacial score (nSPS) is 15.1. The second-order valence-corrected chi connectivity index (χ2v) is 9.93. The highest BCUT2D eigenvalue weighted by molar-refractivity contribution is 7.10. The second kappa shape index (κ2) is 8.05. The number of carbonyl (C=O) groups excluding carboxylic acids is 1. The number of amides is 1. The highest BCUT2D eigenvalue weighted by Crippen LogP contribution is 2.37. The molecule has 146 valence electrons. The topological polar surface area (TPSA) is 32.3 Å². The van der Waals surface area contributed by atoms with Crippen LogP contribution in [0.5, 0.6) is 0 Å². The zero-order valence-electron chi connectivity index (χ0n) is 17.3. The number of rotatable bonds is 3. The third-order valence-corrected chi connectivity index (χ3v) is 6.05. The number of anilines is 3. The number of thiophene rings is 1. The number of fused-ring (bicyclic) bond motifs is 1. The molecule has 0 fully saturated rings. The molecule has 2 heterocycles. The van der Waals surface area contributed by atoms with Gasteiger partial charge in [0.25, 0.3) is 0 Å². The predicted molar refractivity (Wildman–Crippen MR) is 117 cm³/mol. The van der Waals surface area contributed by atoms with Crippen LogP contribution in [-0.2, 0) is 11.2 Å². The molecule has 1 aliphatic heterocycles. The molecule has 1 N–H and O–H groups in total. The van der Waals surface area contributed by atoms with Crippen LogP contribution in [0.25, 0.3) is 0 Å². The molecule has 0 spiro atoms. The first-order chi connectivity index (χ1) is 12.7. The molecule has 0 saturated carbocycles. The molecule has 0 saturated heterocycles. The van der Waals surface area contributed by atoms with Crippen molar-refractivity contribution in [3.05, 3.63) is 39.6 Å². The first kappa shape index (κ1) is 19.9. The minimum atomic E-state index is -0.00819. The summed E-state index contributed by atoms with van der Waals surface area (Å²) in [6, 6.07) is 6.71. The van der Waals surface area contributed by atoms with Crippen LogP contribution in [0.15, 0.2) is 23.6 Å². The summed E-state index contributed by atoms with van der Waals surface area (Å²) in [4.78, 5) is 16.4. The fourth-order valence-corrected chi connectivity index (χ4v) is 4.76. The SMILES string of the molecule is Cc1cc(N2CCCCCc3sccc32)cc(C)c1NC(=O)CC(C)(C)C. The van der Waals surface area contributed by atoms with Crippen molar-refractivity contribution in [1.29, 1.82) is 0 Å². The lowest BCUT2D eigenvalue weighted by molar-refractivity contribution is -0.117. The number of hydrogen-bond donors (Lipinski definition) is 1. The average Bonchev–Trinajstić information content (AvgIpc) is 2.96. The van der Waals surface area contributed by atoms with Gasteiger partial charge >= 0.3 is 0 Å². The maximum atomic E-state index is 12.4. The largest absolute Gasteiger partial charge is 0.341 e. The average molecular weight is 385 g/mol. The van der Waals surface area contributed by atoms with Gasteiger partial charge in [-0.1, -0.05) is 27.2 Å². The molecule has 0 aliphatic carbocycles. The summed E-state index contributed by atoms with van der Waals surface area (Å²) in [5.41, 5.74) is 5.82. The number of nitrogens with one attached hydrogen (secondary N) is 1. The van der Waals surface area contributed by atoms with Crippen molar-refractivity contribution in [2.75, 3.05) is 16.8 Å². The monoisotopic (exact) mass is 384 g/mol. The lowest BCUT2D eigenvalue weighted by atomic mass is 9.92. The van der Waals surface area contributed by atoms with E-state index in [0.717, 1.165) is 23.4 Å². The van der Waals surface area contributed by atoms with Crippen LogP contribution in [0.3, 0.4) is 0 Å². The Balaban J connectivity index is 1.88. The van der Waals surface area contributed by atoms with Crippen LogP contribution in [-0.4, -0.2) is 12.5 Å². The van der Waals surface area contributed by atoms with Crippen molar-refractivity contribution in [3.63, 3.8) is 0 Å². The van der Waals surface area contributed by atoms with Gasteiger partial charge < -0.3 is 10.2 Å². The van der Waals surface area contributed by atoms with Gasteiger partial charge in [0.1, 0.15) is 0 Å². The predicted octanol–water partition coefficient (Wildman–Crippen LogP) is 6.60. The quantitative estimate of drug-likeness (QED) is 0.646. The number of carbonyl (C=O) groups is 1. The molecule has 2 aromatic rings. The maximum absolute atomic E-state index is 12.4. The van der Waals surface area contributed by atoms with Crippen LogP contribution < -0.4 is 10.2 Å². The fourth-order valence-electron chi connectivity index (χ4n) is 3.84. The number of nitrogens with zero attached hydrogens (tertiary/aromatic N) is 1. The number of benzene rings is 1. The third kappa shape index (κ3) is 4.92. The maximum Gasteiger partial charge on any atom is 0.224 e. The van der Waals surface area contributed by atoms with Gasteiger partial charge in [-0.3, -0.25) is 4.79 Å². The van der Waals surface area contributed by atoms with Gasteiger partial charge in [0.15, 0.2) is 0 Å². The zero-order chi connectivity index (χ0) is 19.6. The highest BCUT2D eigenvalue weighted by Gasteiger charge is 2.20. The van der Waals surface area contributed by atoms with E-state index < -0.39 is 0 Å². The Hall–Kier alpha value is -1.81. The van der Waals surface area contributed by atoms with Gasteiger partial charge in [-0.15, -0.1) is 11.3 Å². The first-order valence-corrected chi connectivity index (χ1v) is 10.9. The lowest BCUT2D eigenvalue weighted by Gasteiger charge is -2.29. The summed E-state index contributed by atoms with van der Waals surface area (Å²) in [6.45, 7) is 11.5. The van der Waals surface area contributed by atoms with E-state index in [0.29, 0.717) is 6.42 Å². The van der Waals surface area contributed by atoms with Crippen LogP contribution in [0.1, 0.15) is 62.5 Å². The number of aryl methyl sites for hydroxylation is 3. The Kier molecular flexibility index (Phi) is 5.95. The summed E-state index contributed by atoms with van der Waals surface area (Å²) in [5.74, 6) is 0.0906. The summed E-state index contributed by atoms with van der Waals surface area (Å²) >= 11 is 1.87. The smallest absolute Gasteiger partial charge is 0.224 e. The molecule has 1 aromatic carbocycles. The Labute approximate surface area is 167 Å². The molecule has 4 heteroatoms. The lowest BCUT2D eigenvalue weighted by Crippen LogP contribution is -2.22. The Morgan fingerprint density at radius 2 is 1.85 bits per heavy atom. The van der Waals surface area contributed by atoms with E-state index in [9.17, 15) is 4.79 Å². The van der Waals surface area contributed by atoms with E-state index in [4.69, 9.17) is 0 Å². The molecule has 1 amide bonds. The minimum Gasteiger partial charge on any atom is -0.341 e. The molecule has 1 aromatic heterocycles. The van der Waals surface area contributed by atoms with Gasteiger partial charge in [-0.25, -0.2) is 0 Å². The van der Waals surface area contributed by atoms with Crippen molar-refractivity contribution in [3.8, 4) is 0 Å². The Bertz CT molecular complexity index is 793. The standard InChI is InChI=1S/C23H32N2OS/c1-16-13-18(14-17(2)22(16)24-21(26)15-23(3,4)5)25-11-8-6-7-9-20-19(25)10-12-27-20/h10,12-14H,6-9,11,15H2,1-5H3,(H,24,26).